The van der Waals surface area contributed by atoms with Crippen molar-refractivity contribution in [2.24, 2.45) is 0 Å². The number of ether oxygens (including phenoxy) is 1. The second-order valence-electron chi connectivity index (χ2n) is 3.61. The minimum absolute atomic E-state index is 0.173. The van der Waals surface area contributed by atoms with Crippen molar-refractivity contribution >= 4 is 17.4 Å². The van der Waals surface area contributed by atoms with E-state index in [0.29, 0.717) is 5.02 Å². The van der Waals surface area contributed by atoms with Crippen molar-refractivity contribution in [3.63, 3.8) is 0 Å². The van der Waals surface area contributed by atoms with E-state index < -0.39 is 0 Å². The number of carbonyl (C=O) groups is 1. The van der Waals surface area contributed by atoms with Gasteiger partial charge in [0.15, 0.2) is 11.5 Å². The smallest absolute Gasteiger partial charge is 0.243 e. The van der Waals surface area contributed by atoms with Gasteiger partial charge in [-0.25, -0.2) is 9.97 Å². The van der Waals surface area contributed by atoms with Crippen molar-refractivity contribution in [1.29, 1.82) is 0 Å². The minimum atomic E-state index is -0.173. The largest absolute Gasteiger partial charge is 0.479 e. The summed E-state index contributed by atoms with van der Waals surface area (Å²) in [6, 6.07) is 7.21. The highest BCUT2D eigenvalue weighted by molar-refractivity contribution is 6.31. The van der Waals surface area contributed by atoms with E-state index >= 15 is 0 Å². The second kappa shape index (κ2) is 5.60. The van der Waals surface area contributed by atoms with Gasteiger partial charge in [0, 0.05) is 23.8 Å². The zero-order valence-corrected chi connectivity index (χ0v) is 10.5. The molecule has 0 spiro atoms. The Morgan fingerprint density at radius 2 is 2.00 bits per heavy atom. The topological polar surface area (TPSA) is 52.1 Å². The summed E-state index contributed by atoms with van der Waals surface area (Å²) in [4.78, 5) is 20.0. The van der Waals surface area contributed by atoms with E-state index in [1.54, 1.807) is 6.07 Å². The van der Waals surface area contributed by atoms with Gasteiger partial charge in [0.25, 0.3) is 0 Å². The molecule has 5 heteroatoms. The highest BCUT2D eigenvalue weighted by Crippen LogP contribution is 2.19. The third-order valence-corrected chi connectivity index (χ3v) is 2.80. The number of benzene rings is 1. The van der Waals surface area contributed by atoms with Crippen LogP contribution >= 0.6 is 11.6 Å². The van der Waals surface area contributed by atoms with Gasteiger partial charge in [0.05, 0.1) is 7.11 Å². The maximum atomic E-state index is 12.1. The van der Waals surface area contributed by atoms with Crippen LogP contribution in [0.15, 0.2) is 36.7 Å². The van der Waals surface area contributed by atoms with Crippen LogP contribution in [0.25, 0.3) is 0 Å². The fourth-order valence-electron chi connectivity index (χ4n) is 1.56. The quantitative estimate of drug-likeness (QED) is 0.795. The molecular weight excluding hydrogens is 252 g/mol. The molecule has 18 heavy (non-hydrogen) atoms. The molecule has 1 aromatic heterocycles. The first-order chi connectivity index (χ1) is 8.72. The molecule has 0 amide bonds. The summed E-state index contributed by atoms with van der Waals surface area (Å²) < 4.78 is 5.01. The molecule has 2 aromatic rings. The Labute approximate surface area is 110 Å². The number of hydrogen-bond acceptors (Lipinski definition) is 4. The Hall–Kier alpha value is -1.94. The van der Waals surface area contributed by atoms with E-state index in [4.69, 9.17) is 16.3 Å². The van der Waals surface area contributed by atoms with Crippen molar-refractivity contribution in [1.82, 2.24) is 9.97 Å². The standard InChI is InChI=1S/C13H11ClN2O2/c1-18-13-12(15-6-7-16-13)11(17)8-9-4-2-3-5-10(9)14/h2-7H,8H2,1H3. The van der Waals surface area contributed by atoms with Crippen LogP contribution in [-0.4, -0.2) is 22.9 Å². The van der Waals surface area contributed by atoms with Crippen molar-refractivity contribution < 1.29 is 9.53 Å². The molecule has 0 unspecified atom stereocenters. The summed E-state index contributed by atoms with van der Waals surface area (Å²) in [7, 11) is 1.45. The molecule has 1 heterocycles. The van der Waals surface area contributed by atoms with Gasteiger partial charge in [-0.05, 0) is 11.6 Å². The monoisotopic (exact) mass is 262 g/mol. The Morgan fingerprint density at radius 1 is 1.28 bits per heavy atom. The van der Waals surface area contributed by atoms with Crippen LogP contribution in [0.2, 0.25) is 5.02 Å². The molecule has 0 radical (unpaired) electrons. The van der Waals surface area contributed by atoms with Gasteiger partial charge >= 0.3 is 0 Å². The van der Waals surface area contributed by atoms with Gasteiger partial charge in [-0.15, -0.1) is 0 Å². The maximum Gasteiger partial charge on any atom is 0.243 e. The molecule has 4 nitrogen and oxygen atoms in total. The Morgan fingerprint density at radius 3 is 2.72 bits per heavy atom. The highest BCUT2D eigenvalue weighted by Gasteiger charge is 2.16. The summed E-state index contributed by atoms with van der Waals surface area (Å²) in [6.45, 7) is 0. The van der Waals surface area contributed by atoms with Gasteiger partial charge in [-0.2, -0.15) is 0 Å². The van der Waals surface area contributed by atoms with Crippen LogP contribution in [0.1, 0.15) is 16.1 Å². The van der Waals surface area contributed by atoms with Gasteiger partial charge in [-0.1, -0.05) is 29.8 Å². The molecule has 0 saturated carbocycles. The van der Waals surface area contributed by atoms with Crippen LogP contribution in [0, 0.1) is 0 Å². The van der Waals surface area contributed by atoms with Gasteiger partial charge < -0.3 is 4.74 Å². The summed E-state index contributed by atoms with van der Waals surface area (Å²) >= 11 is 6.01. The van der Waals surface area contributed by atoms with Gasteiger partial charge in [-0.3, -0.25) is 4.79 Å². The lowest BCUT2D eigenvalue weighted by Crippen LogP contribution is -2.09. The third kappa shape index (κ3) is 2.65. The fraction of sp³-hybridized carbons (Fsp3) is 0.154. The summed E-state index contributed by atoms with van der Waals surface area (Å²) in [6.07, 6.45) is 3.11. The summed E-state index contributed by atoms with van der Waals surface area (Å²) in [5.74, 6) is 0.0580. The molecule has 0 fully saturated rings. The first-order valence-corrected chi connectivity index (χ1v) is 5.71. The highest BCUT2D eigenvalue weighted by atomic mass is 35.5. The van der Waals surface area contributed by atoms with Crippen LogP contribution < -0.4 is 4.74 Å². The van der Waals surface area contributed by atoms with Crippen molar-refractivity contribution in [2.45, 2.75) is 6.42 Å². The molecule has 0 saturated heterocycles. The number of methoxy groups -OCH3 is 1. The Kier molecular flexibility index (Phi) is 3.89. The molecule has 0 aliphatic heterocycles. The van der Waals surface area contributed by atoms with Crippen LogP contribution in [0.4, 0.5) is 0 Å². The molecule has 92 valence electrons. The Balaban J connectivity index is 2.25. The van der Waals surface area contributed by atoms with Crippen LogP contribution in [-0.2, 0) is 6.42 Å². The van der Waals surface area contributed by atoms with Gasteiger partial charge in [0.2, 0.25) is 5.88 Å². The van der Waals surface area contributed by atoms with E-state index in [1.807, 2.05) is 18.2 Å². The van der Waals surface area contributed by atoms with E-state index in [0.717, 1.165) is 5.56 Å². The number of rotatable bonds is 4. The van der Waals surface area contributed by atoms with E-state index in [1.165, 1.54) is 19.5 Å². The van der Waals surface area contributed by atoms with E-state index in [-0.39, 0.29) is 23.8 Å². The minimum Gasteiger partial charge on any atom is -0.479 e. The SMILES string of the molecule is COc1nccnc1C(=O)Cc1ccccc1Cl. The molecular formula is C13H11ClN2O2. The summed E-state index contributed by atoms with van der Waals surface area (Å²) in [5.41, 5.74) is 0.983. The number of nitrogens with zero attached hydrogens (tertiary/aromatic N) is 2. The van der Waals surface area contributed by atoms with Crippen molar-refractivity contribution in [2.75, 3.05) is 7.11 Å². The molecule has 0 bridgehead atoms. The molecule has 0 atom stereocenters. The molecule has 0 aliphatic carbocycles. The Bertz CT molecular complexity index is 572. The van der Waals surface area contributed by atoms with Crippen LogP contribution in [0.3, 0.4) is 0 Å². The predicted octanol–water partition coefficient (Wildman–Crippen LogP) is 2.56. The van der Waals surface area contributed by atoms with Crippen molar-refractivity contribution in [3.8, 4) is 5.88 Å². The van der Waals surface area contributed by atoms with Crippen molar-refractivity contribution in [3.05, 3.63) is 52.9 Å². The molecule has 0 N–H and O–H groups in total. The third-order valence-electron chi connectivity index (χ3n) is 2.43. The molecule has 0 aliphatic rings. The lowest BCUT2D eigenvalue weighted by Gasteiger charge is -2.06. The zero-order chi connectivity index (χ0) is 13.0. The normalized spacial score (nSPS) is 10.1. The number of ketones is 1. The fourth-order valence-corrected chi connectivity index (χ4v) is 1.77. The molecule has 2 rings (SSSR count). The number of aromatic nitrogens is 2. The maximum absolute atomic E-state index is 12.1. The lowest BCUT2D eigenvalue weighted by molar-refractivity contribution is 0.0984. The van der Waals surface area contributed by atoms with Gasteiger partial charge in [0.1, 0.15) is 0 Å². The first-order valence-electron chi connectivity index (χ1n) is 5.34. The number of halogens is 1. The van der Waals surface area contributed by atoms with E-state index in [9.17, 15) is 4.79 Å². The second-order valence-corrected chi connectivity index (χ2v) is 4.01. The number of Topliss-reactive ketones (excluding diaryl/α,β-unsaturated/α-hetero) is 1. The lowest BCUT2D eigenvalue weighted by atomic mass is 10.1. The first kappa shape index (κ1) is 12.5. The average Bonchev–Trinajstić information content (AvgIpc) is 2.41. The van der Waals surface area contributed by atoms with Crippen LogP contribution in [0.5, 0.6) is 5.88 Å². The molecule has 1 aromatic carbocycles. The summed E-state index contributed by atoms with van der Waals surface area (Å²) in [5, 5.41) is 0.564. The zero-order valence-electron chi connectivity index (χ0n) is 9.76. The number of hydrogen-bond donors (Lipinski definition) is 0. The predicted molar refractivity (Wildman–Crippen MR) is 68.1 cm³/mol. The number of carbonyl (C=O) groups excluding carboxylic acids is 1. The average molecular weight is 263 g/mol. The van der Waals surface area contributed by atoms with E-state index in [2.05, 4.69) is 9.97 Å².